The third-order valence-electron chi connectivity index (χ3n) is 9.54. The van der Waals surface area contributed by atoms with Crippen LogP contribution < -0.4 is 0 Å². The predicted octanol–water partition coefficient (Wildman–Crippen LogP) is 10.7. The van der Waals surface area contributed by atoms with Crippen LogP contribution in [-0.4, -0.2) is 9.13 Å². The van der Waals surface area contributed by atoms with Crippen LogP contribution in [0.3, 0.4) is 0 Å². The summed E-state index contributed by atoms with van der Waals surface area (Å²) in [4.78, 5) is 0. The molecule has 1 aliphatic rings. The molecule has 0 saturated heterocycles. The zero-order valence-electron chi connectivity index (χ0n) is 24.3. The van der Waals surface area contributed by atoms with Gasteiger partial charge in [0.1, 0.15) is 0 Å². The van der Waals surface area contributed by atoms with E-state index in [0.717, 1.165) is 0 Å². The minimum absolute atomic E-state index is 0.0224. The lowest BCUT2D eigenvalue weighted by Gasteiger charge is -2.22. The van der Waals surface area contributed by atoms with Crippen molar-refractivity contribution in [2.75, 3.05) is 0 Å². The van der Waals surface area contributed by atoms with E-state index in [0.29, 0.717) is 0 Å². The molecular formula is C41H30N2. The van der Waals surface area contributed by atoms with Crippen LogP contribution in [0.1, 0.15) is 25.0 Å². The molecule has 2 nitrogen and oxygen atoms in total. The molecule has 0 atom stereocenters. The van der Waals surface area contributed by atoms with E-state index in [4.69, 9.17) is 0 Å². The number of fused-ring (bicyclic) bond motifs is 7. The minimum atomic E-state index is -0.0224. The fourth-order valence-corrected chi connectivity index (χ4v) is 7.40. The van der Waals surface area contributed by atoms with Crippen molar-refractivity contribution in [3.05, 3.63) is 157 Å². The molecule has 0 amide bonds. The van der Waals surface area contributed by atoms with Crippen molar-refractivity contribution in [2.45, 2.75) is 19.3 Å². The molecule has 0 saturated carbocycles. The number of rotatable bonds is 3. The largest absolute Gasteiger partial charge is 0.316 e. The van der Waals surface area contributed by atoms with Crippen molar-refractivity contribution in [3.8, 4) is 33.6 Å². The summed E-state index contributed by atoms with van der Waals surface area (Å²) in [7, 11) is 0. The Morgan fingerprint density at radius 2 is 1.21 bits per heavy atom. The molecule has 0 unspecified atom stereocenters. The van der Waals surface area contributed by atoms with E-state index in [-0.39, 0.29) is 5.41 Å². The van der Waals surface area contributed by atoms with E-state index in [2.05, 4.69) is 169 Å². The third-order valence-corrected chi connectivity index (χ3v) is 9.54. The summed E-state index contributed by atoms with van der Waals surface area (Å²) in [5.41, 5.74) is 14.0. The van der Waals surface area contributed by atoms with Gasteiger partial charge in [0.05, 0.1) is 16.6 Å². The second-order valence-electron chi connectivity index (χ2n) is 12.3. The lowest BCUT2D eigenvalue weighted by atomic mass is 9.81. The zero-order valence-corrected chi connectivity index (χ0v) is 24.3. The Morgan fingerprint density at radius 1 is 0.465 bits per heavy atom. The summed E-state index contributed by atoms with van der Waals surface area (Å²) in [5, 5.41) is 3.79. The first-order chi connectivity index (χ1) is 21.1. The molecule has 2 aromatic heterocycles. The minimum Gasteiger partial charge on any atom is -0.316 e. The molecule has 1 aliphatic carbocycles. The second-order valence-corrected chi connectivity index (χ2v) is 12.3. The van der Waals surface area contributed by atoms with E-state index in [1.165, 1.54) is 77.5 Å². The van der Waals surface area contributed by atoms with E-state index < -0.39 is 0 Å². The molecule has 0 fully saturated rings. The number of hydrogen-bond acceptors (Lipinski definition) is 0. The number of nitrogens with zero attached hydrogens (tertiary/aromatic N) is 2. The molecular weight excluding hydrogens is 520 g/mol. The first-order valence-electron chi connectivity index (χ1n) is 15.0. The lowest BCUT2D eigenvalue weighted by Crippen LogP contribution is -2.14. The molecule has 0 radical (unpaired) electrons. The summed E-state index contributed by atoms with van der Waals surface area (Å²) >= 11 is 0. The highest BCUT2D eigenvalue weighted by Crippen LogP contribution is 2.49. The summed E-state index contributed by atoms with van der Waals surface area (Å²) in [6.07, 6.45) is 2.18. The van der Waals surface area contributed by atoms with Gasteiger partial charge in [0.2, 0.25) is 0 Å². The molecule has 2 heteroatoms. The Bertz CT molecular complexity index is 2370. The van der Waals surface area contributed by atoms with Gasteiger partial charge < -0.3 is 9.13 Å². The normalized spacial score (nSPS) is 13.5. The fraction of sp³-hybridized carbons (Fsp3) is 0.0732. The summed E-state index contributed by atoms with van der Waals surface area (Å²) in [6, 6.07) is 51.2. The maximum Gasteiger partial charge on any atom is 0.0562 e. The molecule has 43 heavy (non-hydrogen) atoms. The molecule has 0 bridgehead atoms. The van der Waals surface area contributed by atoms with Gasteiger partial charge in [-0.15, -0.1) is 0 Å². The highest BCUT2D eigenvalue weighted by Gasteiger charge is 2.35. The van der Waals surface area contributed by atoms with E-state index in [9.17, 15) is 0 Å². The van der Waals surface area contributed by atoms with Crippen molar-refractivity contribution in [2.24, 2.45) is 0 Å². The average Bonchev–Trinajstić information content (AvgIpc) is 3.69. The number of hydrogen-bond donors (Lipinski definition) is 0. The Morgan fingerprint density at radius 3 is 2.12 bits per heavy atom. The van der Waals surface area contributed by atoms with Gasteiger partial charge in [-0.25, -0.2) is 0 Å². The molecule has 8 aromatic rings. The summed E-state index contributed by atoms with van der Waals surface area (Å²) < 4.78 is 4.72. The van der Waals surface area contributed by atoms with Crippen LogP contribution in [0.4, 0.5) is 0 Å². The van der Waals surface area contributed by atoms with Gasteiger partial charge in [0.15, 0.2) is 0 Å². The van der Waals surface area contributed by atoms with Gasteiger partial charge in [-0.1, -0.05) is 98.8 Å². The molecule has 9 rings (SSSR count). The molecule has 0 spiro atoms. The Kier molecular flexibility index (Phi) is 4.99. The van der Waals surface area contributed by atoms with Crippen LogP contribution in [0.2, 0.25) is 0 Å². The SMILES string of the molecule is CC1(C)c2ccccc2-c2ccc(-c3cccc(-n4c5ccccc5c5cc6ccn(-c7ccccc7)c6cc54)c3)cc21. The van der Waals surface area contributed by atoms with Gasteiger partial charge in [0.25, 0.3) is 0 Å². The van der Waals surface area contributed by atoms with Crippen LogP contribution >= 0.6 is 0 Å². The van der Waals surface area contributed by atoms with Gasteiger partial charge in [0, 0.05) is 39.1 Å². The highest BCUT2D eigenvalue weighted by atomic mass is 15.0. The highest BCUT2D eigenvalue weighted by molar-refractivity contribution is 6.13. The van der Waals surface area contributed by atoms with E-state index >= 15 is 0 Å². The first kappa shape index (κ1) is 24.3. The smallest absolute Gasteiger partial charge is 0.0562 e. The standard InChI is InChI=1S/C41H30N2/c1-41(2)36-17-8-6-15-32(36)33-20-19-28(25-37(33)41)27-11-10-14-31(23-27)43-38-18-9-7-16-34(38)35-24-29-21-22-42(39(29)26-40(35)43)30-12-4-3-5-13-30/h3-26H,1-2H3. The average molecular weight is 551 g/mol. The van der Waals surface area contributed by atoms with Crippen molar-refractivity contribution < 1.29 is 0 Å². The van der Waals surface area contributed by atoms with Crippen molar-refractivity contribution in [3.63, 3.8) is 0 Å². The van der Waals surface area contributed by atoms with Gasteiger partial charge in [-0.05, 0) is 88.0 Å². The van der Waals surface area contributed by atoms with Crippen molar-refractivity contribution in [1.82, 2.24) is 9.13 Å². The predicted molar refractivity (Wildman–Crippen MR) is 181 cm³/mol. The molecule has 0 aliphatic heterocycles. The zero-order chi connectivity index (χ0) is 28.7. The van der Waals surface area contributed by atoms with Gasteiger partial charge >= 0.3 is 0 Å². The van der Waals surface area contributed by atoms with Crippen LogP contribution in [-0.2, 0) is 5.41 Å². The van der Waals surface area contributed by atoms with Crippen molar-refractivity contribution in [1.29, 1.82) is 0 Å². The van der Waals surface area contributed by atoms with Crippen LogP contribution in [0.5, 0.6) is 0 Å². The van der Waals surface area contributed by atoms with E-state index in [1.54, 1.807) is 0 Å². The maximum atomic E-state index is 2.43. The first-order valence-corrected chi connectivity index (χ1v) is 15.0. The third kappa shape index (κ3) is 3.47. The molecule has 0 N–H and O–H groups in total. The number of para-hydroxylation sites is 2. The number of aromatic nitrogens is 2. The molecule has 204 valence electrons. The van der Waals surface area contributed by atoms with Crippen LogP contribution in [0.25, 0.3) is 66.3 Å². The summed E-state index contributed by atoms with van der Waals surface area (Å²) in [6.45, 7) is 4.70. The fourth-order valence-electron chi connectivity index (χ4n) is 7.40. The molecule has 2 heterocycles. The monoisotopic (exact) mass is 550 g/mol. The Balaban J connectivity index is 1.24. The Hall–Kier alpha value is -5.34. The van der Waals surface area contributed by atoms with Crippen LogP contribution in [0.15, 0.2) is 146 Å². The van der Waals surface area contributed by atoms with Gasteiger partial charge in [-0.2, -0.15) is 0 Å². The van der Waals surface area contributed by atoms with Gasteiger partial charge in [-0.3, -0.25) is 0 Å². The Labute approximate surface area is 251 Å². The van der Waals surface area contributed by atoms with Crippen molar-refractivity contribution >= 4 is 32.7 Å². The maximum absolute atomic E-state index is 2.43. The van der Waals surface area contributed by atoms with E-state index in [1.807, 2.05) is 0 Å². The van der Waals surface area contributed by atoms with Crippen LogP contribution in [0, 0.1) is 0 Å². The lowest BCUT2D eigenvalue weighted by molar-refractivity contribution is 0.660. The summed E-state index contributed by atoms with van der Waals surface area (Å²) in [5.74, 6) is 0. The molecule has 6 aromatic carbocycles. The number of benzene rings is 6. The second kappa shape index (κ2) is 8.83. The topological polar surface area (TPSA) is 9.86 Å². The quantitative estimate of drug-likeness (QED) is 0.207.